The number of hydrogen-bond acceptors (Lipinski definition) is 4. The van der Waals surface area contributed by atoms with Crippen molar-refractivity contribution in [2.75, 3.05) is 40.4 Å². The van der Waals surface area contributed by atoms with Crippen molar-refractivity contribution in [3.8, 4) is 11.5 Å². The number of nitrogens with one attached hydrogen (secondary N) is 1. The summed E-state index contributed by atoms with van der Waals surface area (Å²) in [6.07, 6.45) is 0. The molecule has 0 aliphatic heterocycles. The van der Waals surface area contributed by atoms with Gasteiger partial charge in [-0.15, -0.1) is 0 Å². The Morgan fingerprint density at radius 2 is 1.85 bits per heavy atom. The second-order valence-corrected chi connectivity index (χ2v) is 5.42. The molecule has 5 heteroatoms. The maximum absolute atomic E-state index is 5.45. The van der Waals surface area contributed by atoms with Crippen LogP contribution in [0.25, 0.3) is 0 Å². The zero-order chi connectivity index (χ0) is 15.0. The summed E-state index contributed by atoms with van der Waals surface area (Å²) in [7, 11) is 3.33. The summed E-state index contributed by atoms with van der Waals surface area (Å²) in [5.74, 6) is 1.55. The molecule has 0 aromatic heterocycles. The van der Waals surface area contributed by atoms with E-state index in [0.717, 1.165) is 54.3 Å². The Balaban J connectivity index is 2.61. The van der Waals surface area contributed by atoms with Crippen LogP contribution in [0.3, 0.4) is 0 Å². The first-order chi connectivity index (χ1) is 9.65. The number of halogens is 1. The third-order valence-electron chi connectivity index (χ3n) is 3.34. The molecule has 0 spiro atoms. The van der Waals surface area contributed by atoms with E-state index in [1.807, 2.05) is 6.07 Å². The zero-order valence-corrected chi connectivity index (χ0v) is 14.4. The first-order valence-corrected chi connectivity index (χ1v) is 7.78. The molecule has 0 bridgehead atoms. The number of benzene rings is 1. The van der Waals surface area contributed by atoms with Gasteiger partial charge in [-0.2, -0.15) is 0 Å². The highest BCUT2D eigenvalue weighted by molar-refractivity contribution is 9.10. The van der Waals surface area contributed by atoms with Crippen LogP contribution in [-0.2, 0) is 6.54 Å². The monoisotopic (exact) mass is 344 g/mol. The van der Waals surface area contributed by atoms with Gasteiger partial charge in [-0.3, -0.25) is 0 Å². The molecule has 114 valence electrons. The van der Waals surface area contributed by atoms with Gasteiger partial charge in [-0.05, 0) is 25.2 Å². The average Bonchev–Trinajstić information content (AvgIpc) is 2.46. The largest absolute Gasteiger partial charge is 0.493 e. The fraction of sp³-hybridized carbons (Fsp3) is 0.600. The molecule has 0 amide bonds. The lowest BCUT2D eigenvalue weighted by molar-refractivity contribution is 0.301. The molecule has 0 saturated carbocycles. The quantitative estimate of drug-likeness (QED) is 0.698. The summed E-state index contributed by atoms with van der Waals surface area (Å²) in [5.41, 5.74) is 1.10. The standard InChI is InChI=1S/C15H25BrN2O2/c1-5-18(6-2)8-7-17-11-12-9-13(16)10-14(19-3)15(12)20-4/h9-10,17H,5-8,11H2,1-4H3. The Hall–Kier alpha value is -0.780. The van der Waals surface area contributed by atoms with E-state index in [-0.39, 0.29) is 0 Å². The van der Waals surface area contributed by atoms with E-state index in [4.69, 9.17) is 9.47 Å². The van der Waals surface area contributed by atoms with E-state index in [9.17, 15) is 0 Å². The second-order valence-electron chi connectivity index (χ2n) is 4.50. The number of methoxy groups -OCH3 is 2. The fourth-order valence-corrected chi connectivity index (χ4v) is 2.62. The van der Waals surface area contributed by atoms with Crippen LogP contribution in [0, 0.1) is 0 Å². The molecule has 0 aliphatic carbocycles. The lowest BCUT2D eigenvalue weighted by atomic mass is 10.2. The van der Waals surface area contributed by atoms with Crippen LogP contribution in [0.5, 0.6) is 11.5 Å². The smallest absolute Gasteiger partial charge is 0.165 e. The second kappa shape index (κ2) is 9.21. The molecule has 4 nitrogen and oxygen atoms in total. The number of ether oxygens (including phenoxy) is 2. The first kappa shape index (κ1) is 17.3. The highest BCUT2D eigenvalue weighted by Gasteiger charge is 2.11. The van der Waals surface area contributed by atoms with Crippen LogP contribution >= 0.6 is 15.9 Å². The molecule has 0 unspecified atom stereocenters. The predicted octanol–water partition coefficient (Wildman–Crippen LogP) is 2.90. The van der Waals surface area contributed by atoms with E-state index in [1.165, 1.54) is 0 Å². The van der Waals surface area contributed by atoms with E-state index in [1.54, 1.807) is 14.2 Å². The van der Waals surface area contributed by atoms with Crippen molar-refractivity contribution in [2.45, 2.75) is 20.4 Å². The van der Waals surface area contributed by atoms with Crippen LogP contribution in [-0.4, -0.2) is 45.3 Å². The summed E-state index contributed by atoms with van der Waals surface area (Å²) in [6.45, 7) is 9.33. The van der Waals surface area contributed by atoms with Gasteiger partial charge >= 0.3 is 0 Å². The Kier molecular flexibility index (Phi) is 7.95. The van der Waals surface area contributed by atoms with Gasteiger partial charge < -0.3 is 19.7 Å². The Labute approximate surface area is 130 Å². The summed E-state index contributed by atoms with van der Waals surface area (Å²) in [4.78, 5) is 2.39. The van der Waals surface area contributed by atoms with E-state index >= 15 is 0 Å². The molecule has 1 rings (SSSR count). The summed E-state index contributed by atoms with van der Waals surface area (Å²) < 4.78 is 11.8. The van der Waals surface area contributed by atoms with Crippen molar-refractivity contribution in [2.24, 2.45) is 0 Å². The Morgan fingerprint density at radius 1 is 1.15 bits per heavy atom. The number of nitrogens with zero attached hydrogens (tertiary/aromatic N) is 1. The highest BCUT2D eigenvalue weighted by atomic mass is 79.9. The SMILES string of the molecule is CCN(CC)CCNCc1cc(Br)cc(OC)c1OC. The summed E-state index contributed by atoms with van der Waals surface area (Å²) in [5, 5.41) is 3.46. The topological polar surface area (TPSA) is 33.7 Å². The van der Waals surface area contributed by atoms with E-state index in [0.29, 0.717) is 0 Å². The van der Waals surface area contributed by atoms with Crippen molar-refractivity contribution in [1.82, 2.24) is 10.2 Å². The zero-order valence-electron chi connectivity index (χ0n) is 12.8. The molecular weight excluding hydrogens is 320 g/mol. The molecule has 0 radical (unpaired) electrons. The lowest BCUT2D eigenvalue weighted by Crippen LogP contribution is -2.31. The minimum atomic E-state index is 0.752. The van der Waals surface area contributed by atoms with Gasteiger partial charge in [0.25, 0.3) is 0 Å². The predicted molar refractivity (Wildman–Crippen MR) is 86.7 cm³/mol. The third kappa shape index (κ3) is 4.96. The molecule has 0 aliphatic rings. The molecule has 0 atom stereocenters. The number of hydrogen-bond donors (Lipinski definition) is 1. The van der Waals surface area contributed by atoms with Gasteiger partial charge in [0, 0.05) is 29.7 Å². The minimum Gasteiger partial charge on any atom is -0.493 e. The lowest BCUT2D eigenvalue weighted by Gasteiger charge is -2.19. The normalized spacial score (nSPS) is 10.9. The van der Waals surface area contributed by atoms with Gasteiger partial charge in [-0.1, -0.05) is 29.8 Å². The van der Waals surface area contributed by atoms with Crippen molar-refractivity contribution in [3.05, 3.63) is 22.2 Å². The van der Waals surface area contributed by atoms with Gasteiger partial charge in [0.15, 0.2) is 11.5 Å². The van der Waals surface area contributed by atoms with Crippen LogP contribution < -0.4 is 14.8 Å². The Morgan fingerprint density at radius 3 is 2.40 bits per heavy atom. The average molecular weight is 345 g/mol. The van der Waals surface area contributed by atoms with Crippen molar-refractivity contribution < 1.29 is 9.47 Å². The molecule has 1 aromatic carbocycles. The summed E-state index contributed by atoms with van der Waals surface area (Å²) in [6, 6.07) is 3.98. The molecule has 20 heavy (non-hydrogen) atoms. The maximum atomic E-state index is 5.45. The third-order valence-corrected chi connectivity index (χ3v) is 3.79. The van der Waals surface area contributed by atoms with E-state index in [2.05, 4.69) is 46.1 Å². The first-order valence-electron chi connectivity index (χ1n) is 6.99. The van der Waals surface area contributed by atoms with Crippen LogP contribution in [0.4, 0.5) is 0 Å². The van der Waals surface area contributed by atoms with Crippen LogP contribution in [0.15, 0.2) is 16.6 Å². The van der Waals surface area contributed by atoms with E-state index < -0.39 is 0 Å². The maximum Gasteiger partial charge on any atom is 0.165 e. The molecule has 1 aromatic rings. The van der Waals surface area contributed by atoms with Crippen LogP contribution in [0.2, 0.25) is 0 Å². The van der Waals surface area contributed by atoms with Gasteiger partial charge in [0.1, 0.15) is 0 Å². The minimum absolute atomic E-state index is 0.752. The van der Waals surface area contributed by atoms with Gasteiger partial charge in [0.05, 0.1) is 14.2 Å². The van der Waals surface area contributed by atoms with Crippen molar-refractivity contribution >= 4 is 15.9 Å². The van der Waals surface area contributed by atoms with Crippen LogP contribution in [0.1, 0.15) is 19.4 Å². The van der Waals surface area contributed by atoms with Gasteiger partial charge in [0.2, 0.25) is 0 Å². The fourth-order valence-electron chi connectivity index (χ4n) is 2.14. The van der Waals surface area contributed by atoms with Gasteiger partial charge in [-0.25, -0.2) is 0 Å². The molecular formula is C15H25BrN2O2. The number of rotatable bonds is 9. The molecule has 0 saturated heterocycles. The molecule has 0 fully saturated rings. The molecule has 0 heterocycles. The Bertz CT molecular complexity index is 409. The summed E-state index contributed by atoms with van der Waals surface area (Å²) >= 11 is 3.50. The van der Waals surface area contributed by atoms with Crippen molar-refractivity contribution in [3.63, 3.8) is 0 Å². The number of likely N-dealkylation sites (N-methyl/N-ethyl adjacent to an activating group) is 1. The highest BCUT2D eigenvalue weighted by Crippen LogP contribution is 2.34. The molecule has 1 N–H and O–H groups in total. The van der Waals surface area contributed by atoms with Crippen molar-refractivity contribution in [1.29, 1.82) is 0 Å².